The number of aromatic nitrogens is 2. The standard InChI is InChI=1S/C13H12N4O3S/c14-7-10-15-16-13(20-10)21-6-5-17-11(18)8-3-1-2-4-9(8)12(17)19/h1-4H,5-7,14H2. The zero-order valence-corrected chi connectivity index (χ0v) is 11.8. The van der Waals surface area contributed by atoms with Crippen LogP contribution in [0.2, 0.25) is 0 Å². The summed E-state index contributed by atoms with van der Waals surface area (Å²) in [5.41, 5.74) is 6.28. The lowest BCUT2D eigenvalue weighted by Crippen LogP contribution is -2.31. The molecule has 0 saturated heterocycles. The predicted octanol–water partition coefficient (Wildman–Crippen LogP) is 0.917. The lowest BCUT2D eigenvalue weighted by atomic mass is 10.1. The molecule has 0 bridgehead atoms. The van der Waals surface area contributed by atoms with Crippen LogP contribution in [0.4, 0.5) is 0 Å². The second-order valence-corrected chi connectivity index (χ2v) is 5.37. The number of hydrogen-bond acceptors (Lipinski definition) is 7. The smallest absolute Gasteiger partial charge is 0.276 e. The first-order valence-electron chi connectivity index (χ1n) is 6.31. The van der Waals surface area contributed by atoms with E-state index >= 15 is 0 Å². The molecule has 1 aromatic heterocycles. The first-order chi connectivity index (χ1) is 10.2. The molecule has 21 heavy (non-hydrogen) atoms. The first-order valence-corrected chi connectivity index (χ1v) is 7.29. The molecule has 1 aliphatic heterocycles. The van der Waals surface area contributed by atoms with Gasteiger partial charge in [0.1, 0.15) is 0 Å². The Labute approximate surface area is 124 Å². The Balaban J connectivity index is 1.62. The van der Waals surface area contributed by atoms with Crippen LogP contribution in [0.15, 0.2) is 33.9 Å². The summed E-state index contributed by atoms with van der Waals surface area (Å²) >= 11 is 1.28. The van der Waals surface area contributed by atoms with Crippen molar-refractivity contribution in [1.29, 1.82) is 0 Å². The Hall–Kier alpha value is -2.19. The van der Waals surface area contributed by atoms with Gasteiger partial charge in [-0.2, -0.15) is 0 Å². The molecule has 3 rings (SSSR count). The molecule has 2 aromatic rings. The van der Waals surface area contributed by atoms with Gasteiger partial charge >= 0.3 is 0 Å². The van der Waals surface area contributed by atoms with Gasteiger partial charge in [-0.1, -0.05) is 23.9 Å². The molecule has 1 aromatic carbocycles. The van der Waals surface area contributed by atoms with E-state index in [0.29, 0.717) is 28.0 Å². The number of imide groups is 1. The highest BCUT2D eigenvalue weighted by molar-refractivity contribution is 7.99. The summed E-state index contributed by atoms with van der Waals surface area (Å²) in [6.07, 6.45) is 0. The average molecular weight is 304 g/mol. The first kappa shape index (κ1) is 13.8. The van der Waals surface area contributed by atoms with E-state index in [9.17, 15) is 9.59 Å². The molecular formula is C13H12N4O3S. The lowest BCUT2D eigenvalue weighted by molar-refractivity contribution is 0.0664. The van der Waals surface area contributed by atoms with E-state index in [1.165, 1.54) is 16.7 Å². The summed E-state index contributed by atoms with van der Waals surface area (Å²) in [6.45, 7) is 0.476. The van der Waals surface area contributed by atoms with Gasteiger partial charge in [-0.3, -0.25) is 14.5 Å². The fourth-order valence-electron chi connectivity index (χ4n) is 2.05. The van der Waals surface area contributed by atoms with Crippen LogP contribution in [0.1, 0.15) is 26.6 Å². The molecule has 2 heterocycles. The third-order valence-electron chi connectivity index (χ3n) is 3.04. The number of carbonyl (C=O) groups excluding carboxylic acids is 2. The molecule has 0 saturated carbocycles. The molecule has 0 spiro atoms. The number of fused-ring (bicyclic) bond motifs is 1. The molecule has 108 valence electrons. The zero-order valence-electron chi connectivity index (χ0n) is 11.0. The topological polar surface area (TPSA) is 102 Å². The van der Waals surface area contributed by atoms with Gasteiger partial charge in [0.25, 0.3) is 17.0 Å². The second kappa shape index (κ2) is 5.66. The van der Waals surface area contributed by atoms with Crippen LogP contribution in [0.3, 0.4) is 0 Å². The summed E-state index contributed by atoms with van der Waals surface area (Å²) in [5.74, 6) is 0.324. The van der Waals surface area contributed by atoms with Crippen molar-refractivity contribution in [2.24, 2.45) is 5.73 Å². The Morgan fingerprint density at radius 2 is 1.81 bits per heavy atom. The monoisotopic (exact) mass is 304 g/mol. The largest absolute Gasteiger partial charge is 0.415 e. The molecule has 0 unspecified atom stereocenters. The van der Waals surface area contributed by atoms with Gasteiger partial charge in [-0.05, 0) is 12.1 Å². The highest BCUT2D eigenvalue weighted by Crippen LogP contribution is 2.23. The Morgan fingerprint density at radius 3 is 2.38 bits per heavy atom. The minimum Gasteiger partial charge on any atom is -0.415 e. The normalized spacial score (nSPS) is 13.9. The van der Waals surface area contributed by atoms with Gasteiger partial charge in [0.2, 0.25) is 5.89 Å². The summed E-state index contributed by atoms with van der Waals surface area (Å²) in [7, 11) is 0. The maximum Gasteiger partial charge on any atom is 0.276 e. The fourth-order valence-corrected chi connectivity index (χ4v) is 2.75. The third-order valence-corrected chi connectivity index (χ3v) is 3.84. The van der Waals surface area contributed by atoms with Crippen molar-refractivity contribution in [3.63, 3.8) is 0 Å². The van der Waals surface area contributed by atoms with Gasteiger partial charge < -0.3 is 10.2 Å². The Morgan fingerprint density at radius 1 is 1.14 bits per heavy atom. The summed E-state index contributed by atoms with van der Waals surface area (Å²) in [6, 6.07) is 6.81. The number of nitrogens with two attached hydrogens (primary N) is 1. The maximum absolute atomic E-state index is 12.1. The van der Waals surface area contributed by atoms with E-state index in [1.807, 2.05) is 0 Å². The van der Waals surface area contributed by atoms with E-state index in [1.54, 1.807) is 24.3 Å². The molecule has 0 atom stereocenters. The highest BCUT2D eigenvalue weighted by Gasteiger charge is 2.34. The van der Waals surface area contributed by atoms with E-state index in [4.69, 9.17) is 10.2 Å². The molecule has 2 amide bonds. The summed E-state index contributed by atoms with van der Waals surface area (Å²) in [4.78, 5) is 25.5. The fraction of sp³-hybridized carbons (Fsp3) is 0.231. The van der Waals surface area contributed by atoms with Gasteiger partial charge in [0, 0.05) is 12.3 Å². The van der Waals surface area contributed by atoms with Crippen LogP contribution >= 0.6 is 11.8 Å². The number of hydrogen-bond donors (Lipinski definition) is 1. The van der Waals surface area contributed by atoms with Gasteiger partial charge in [0.05, 0.1) is 17.7 Å². The van der Waals surface area contributed by atoms with Crippen LogP contribution in [0, 0.1) is 0 Å². The van der Waals surface area contributed by atoms with Gasteiger partial charge in [-0.25, -0.2) is 0 Å². The van der Waals surface area contributed by atoms with Crippen molar-refractivity contribution in [1.82, 2.24) is 15.1 Å². The van der Waals surface area contributed by atoms with Gasteiger partial charge in [-0.15, -0.1) is 10.2 Å². The average Bonchev–Trinajstić information content (AvgIpc) is 3.06. The van der Waals surface area contributed by atoms with Crippen molar-refractivity contribution in [2.75, 3.05) is 12.3 Å². The molecule has 1 aliphatic rings. The number of carbonyl (C=O) groups is 2. The van der Waals surface area contributed by atoms with E-state index in [0.717, 1.165) is 0 Å². The quantitative estimate of drug-likeness (QED) is 0.647. The minimum atomic E-state index is -0.260. The van der Waals surface area contributed by atoms with Crippen molar-refractivity contribution in [2.45, 2.75) is 11.8 Å². The highest BCUT2D eigenvalue weighted by atomic mass is 32.2. The van der Waals surface area contributed by atoms with Crippen molar-refractivity contribution >= 4 is 23.6 Å². The molecule has 0 fully saturated rings. The van der Waals surface area contributed by atoms with Crippen LogP contribution in [0.25, 0.3) is 0 Å². The molecule has 7 nitrogen and oxygen atoms in total. The SMILES string of the molecule is NCc1nnc(SCCN2C(=O)c3ccccc3C2=O)o1. The Kier molecular flexibility index (Phi) is 3.72. The van der Waals surface area contributed by atoms with Crippen molar-refractivity contribution in [3.05, 3.63) is 41.3 Å². The van der Waals surface area contributed by atoms with E-state index in [2.05, 4.69) is 10.2 Å². The van der Waals surface area contributed by atoms with Crippen LogP contribution < -0.4 is 5.73 Å². The molecule has 8 heteroatoms. The number of thioether (sulfide) groups is 1. The minimum absolute atomic E-state index is 0.186. The maximum atomic E-state index is 12.1. The number of amides is 2. The number of nitrogens with zero attached hydrogens (tertiary/aromatic N) is 3. The zero-order chi connectivity index (χ0) is 14.8. The molecule has 2 N–H and O–H groups in total. The predicted molar refractivity (Wildman–Crippen MR) is 74.7 cm³/mol. The van der Waals surface area contributed by atoms with Crippen molar-refractivity contribution < 1.29 is 14.0 Å². The van der Waals surface area contributed by atoms with Gasteiger partial charge in [0.15, 0.2) is 0 Å². The van der Waals surface area contributed by atoms with Crippen LogP contribution in [-0.2, 0) is 6.54 Å². The van der Waals surface area contributed by atoms with Crippen LogP contribution in [-0.4, -0.2) is 39.2 Å². The second-order valence-electron chi connectivity index (χ2n) is 4.32. The molecule has 0 aliphatic carbocycles. The third kappa shape index (κ3) is 2.55. The van der Waals surface area contributed by atoms with E-state index < -0.39 is 0 Å². The molecule has 0 radical (unpaired) electrons. The van der Waals surface area contributed by atoms with E-state index in [-0.39, 0.29) is 24.9 Å². The summed E-state index contributed by atoms with van der Waals surface area (Å²) in [5, 5.41) is 7.93. The number of rotatable bonds is 5. The summed E-state index contributed by atoms with van der Waals surface area (Å²) < 4.78 is 5.24. The lowest BCUT2D eigenvalue weighted by Gasteiger charge is -2.12. The van der Waals surface area contributed by atoms with Crippen LogP contribution in [0.5, 0.6) is 0 Å². The Bertz CT molecular complexity index is 665. The molecular weight excluding hydrogens is 292 g/mol. The number of benzene rings is 1. The van der Waals surface area contributed by atoms with Crippen molar-refractivity contribution in [3.8, 4) is 0 Å².